The highest BCUT2D eigenvalue weighted by Gasteiger charge is 2.55. The third kappa shape index (κ3) is 3.43. The summed E-state index contributed by atoms with van der Waals surface area (Å²) in [6.45, 7) is 4.97. The standard InChI is InChI=1S/C26H29ClN2O3/c1-3-24(31)29-15-26(16-29)14-28(12-17-5-4-6-19(27)9-17)23(13-30)22-11-18-10-20(32-2)7-8-21(18)25(22)26/h4-10,23,30H,3,11-16H2,1-2H3. The molecule has 1 unspecified atom stereocenters. The number of aliphatic hydroxyl groups is 1. The van der Waals surface area contributed by atoms with Gasteiger partial charge in [0.2, 0.25) is 5.91 Å². The molecule has 1 fully saturated rings. The molecule has 2 aromatic rings. The van der Waals surface area contributed by atoms with Crippen LogP contribution in [0.2, 0.25) is 5.02 Å². The Labute approximate surface area is 194 Å². The molecule has 2 heterocycles. The summed E-state index contributed by atoms with van der Waals surface area (Å²) in [5.74, 6) is 1.06. The molecule has 6 heteroatoms. The van der Waals surface area contributed by atoms with Crippen molar-refractivity contribution in [3.05, 3.63) is 69.8 Å². The summed E-state index contributed by atoms with van der Waals surface area (Å²) >= 11 is 6.24. The van der Waals surface area contributed by atoms with Gasteiger partial charge in [-0.1, -0.05) is 36.7 Å². The van der Waals surface area contributed by atoms with Crippen molar-refractivity contribution >= 4 is 23.1 Å². The molecule has 1 atom stereocenters. The van der Waals surface area contributed by atoms with Gasteiger partial charge in [-0.05, 0) is 58.5 Å². The van der Waals surface area contributed by atoms with Gasteiger partial charge >= 0.3 is 0 Å². The average Bonchev–Trinajstić information content (AvgIpc) is 3.15. The first kappa shape index (κ1) is 21.5. The molecule has 2 aliphatic heterocycles. The lowest BCUT2D eigenvalue weighted by Gasteiger charge is -2.57. The molecule has 0 bridgehead atoms. The number of methoxy groups -OCH3 is 1. The Morgan fingerprint density at radius 1 is 1.22 bits per heavy atom. The smallest absolute Gasteiger partial charge is 0.222 e. The number of aliphatic hydroxyl groups excluding tert-OH is 1. The molecule has 1 N–H and O–H groups in total. The molecule has 0 saturated carbocycles. The Morgan fingerprint density at radius 3 is 2.72 bits per heavy atom. The topological polar surface area (TPSA) is 53.0 Å². The van der Waals surface area contributed by atoms with Crippen LogP contribution in [0.15, 0.2) is 48.0 Å². The number of carbonyl (C=O) groups is 1. The second kappa shape index (κ2) is 8.22. The maximum atomic E-state index is 12.4. The monoisotopic (exact) mass is 452 g/mol. The molecule has 3 aliphatic rings. The SMILES string of the molecule is CCC(=O)N1CC2(C1)CN(Cc1cccc(Cl)c1)C(CO)C1=C2c2ccc(OC)cc2C1. The summed E-state index contributed by atoms with van der Waals surface area (Å²) in [5.41, 5.74) is 6.16. The number of hydrogen-bond acceptors (Lipinski definition) is 4. The van der Waals surface area contributed by atoms with E-state index in [1.165, 1.54) is 22.3 Å². The first-order valence-electron chi connectivity index (χ1n) is 11.3. The molecule has 5 nitrogen and oxygen atoms in total. The van der Waals surface area contributed by atoms with E-state index in [4.69, 9.17) is 16.3 Å². The quantitative estimate of drug-likeness (QED) is 0.750. The molecular weight excluding hydrogens is 424 g/mol. The van der Waals surface area contributed by atoms with Gasteiger partial charge in [0.1, 0.15) is 5.75 Å². The molecule has 5 rings (SSSR count). The van der Waals surface area contributed by atoms with Crippen molar-refractivity contribution in [1.29, 1.82) is 0 Å². The van der Waals surface area contributed by atoms with Crippen molar-refractivity contribution in [3.8, 4) is 5.75 Å². The lowest BCUT2D eigenvalue weighted by atomic mass is 9.66. The predicted molar refractivity (Wildman–Crippen MR) is 126 cm³/mol. The van der Waals surface area contributed by atoms with Crippen molar-refractivity contribution in [3.63, 3.8) is 0 Å². The van der Waals surface area contributed by atoms with Gasteiger partial charge in [-0.25, -0.2) is 0 Å². The lowest BCUT2D eigenvalue weighted by molar-refractivity contribution is -0.141. The number of fused-ring (bicyclic) bond motifs is 3. The Balaban J connectivity index is 1.54. The first-order chi connectivity index (χ1) is 15.5. The molecule has 32 heavy (non-hydrogen) atoms. The summed E-state index contributed by atoms with van der Waals surface area (Å²) < 4.78 is 5.47. The molecular formula is C26H29ClN2O3. The van der Waals surface area contributed by atoms with E-state index in [-0.39, 0.29) is 24.0 Å². The fourth-order valence-corrected chi connectivity index (χ4v) is 6.08. The van der Waals surface area contributed by atoms with Gasteiger partial charge in [0.25, 0.3) is 0 Å². The molecule has 0 radical (unpaired) electrons. The van der Waals surface area contributed by atoms with Crippen LogP contribution in [-0.4, -0.2) is 60.2 Å². The lowest BCUT2D eigenvalue weighted by Crippen LogP contribution is -2.66. The molecule has 2 aromatic carbocycles. The highest BCUT2D eigenvalue weighted by atomic mass is 35.5. The third-order valence-corrected chi connectivity index (χ3v) is 7.49. The van der Waals surface area contributed by atoms with Crippen molar-refractivity contribution in [2.75, 3.05) is 33.4 Å². The fraction of sp³-hybridized carbons (Fsp3) is 0.423. The number of benzene rings is 2. The minimum absolute atomic E-state index is 0.0519. The van der Waals surface area contributed by atoms with Crippen LogP contribution in [0.5, 0.6) is 5.75 Å². The minimum atomic E-state index is -0.107. The highest BCUT2D eigenvalue weighted by molar-refractivity contribution is 6.30. The summed E-state index contributed by atoms with van der Waals surface area (Å²) in [7, 11) is 1.69. The Bertz CT molecular complexity index is 1090. The van der Waals surface area contributed by atoms with Gasteiger partial charge in [0.05, 0.1) is 19.8 Å². The summed E-state index contributed by atoms with van der Waals surface area (Å²) in [6, 6.07) is 14.2. The summed E-state index contributed by atoms with van der Waals surface area (Å²) in [5, 5.41) is 11.2. The molecule has 1 spiro atoms. The van der Waals surface area contributed by atoms with Gasteiger partial charge in [0.15, 0.2) is 0 Å². The zero-order valence-corrected chi connectivity index (χ0v) is 19.4. The van der Waals surface area contributed by atoms with E-state index < -0.39 is 0 Å². The van der Waals surface area contributed by atoms with Gasteiger partial charge in [-0.3, -0.25) is 9.69 Å². The van der Waals surface area contributed by atoms with Crippen molar-refractivity contribution in [2.24, 2.45) is 5.41 Å². The largest absolute Gasteiger partial charge is 0.497 e. The number of hydrogen-bond donors (Lipinski definition) is 1. The van der Waals surface area contributed by atoms with Crippen LogP contribution in [0.4, 0.5) is 0 Å². The van der Waals surface area contributed by atoms with Gasteiger partial charge in [0, 0.05) is 43.0 Å². The molecule has 1 amide bonds. The molecule has 1 aliphatic carbocycles. The van der Waals surface area contributed by atoms with Gasteiger partial charge in [-0.2, -0.15) is 0 Å². The van der Waals surface area contributed by atoms with Crippen LogP contribution >= 0.6 is 11.6 Å². The molecule has 168 valence electrons. The fourth-order valence-electron chi connectivity index (χ4n) is 5.87. The second-order valence-electron chi connectivity index (χ2n) is 9.22. The van der Waals surface area contributed by atoms with Gasteiger partial charge < -0.3 is 14.7 Å². The second-order valence-corrected chi connectivity index (χ2v) is 9.65. The van der Waals surface area contributed by atoms with E-state index in [0.29, 0.717) is 13.0 Å². The molecule has 1 saturated heterocycles. The van der Waals surface area contributed by atoms with Crippen molar-refractivity contribution in [2.45, 2.75) is 32.4 Å². The van der Waals surface area contributed by atoms with Crippen LogP contribution in [-0.2, 0) is 17.8 Å². The maximum absolute atomic E-state index is 12.4. The minimum Gasteiger partial charge on any atom is -0.497 e. The van der Waals surface area contributed by atoms with Gasteiger partial charge in [-0.15, -0.1) is 0 Å². The van der Waals surface area contributed by atoms with Crippen LogP contribution in [0.3, 0.4) is 0 Å². The van der Waals surface area contributed by atoms with E-state index in [1.54, 1.807) is 7.11 Å². The highest BCUT2D eigenvalue weighted by Crippen LogP contribution is 2.54. The van der Waals surface area contributed by atoms with Crippen LogP contribution in [0.1, 0.15) is 30.0 Å². The van der Waals surface area contributed by atoms with E-state index >= 15 is 0 Å². The number of carbonyl (C=O) groups excluding carboxylic acids is 1. The van der Waals surface area contributed by atoms with Crippen molar-refractivity contribution in [1.82, 2.24) is 9.80 Å². The zero-order chi connectivity index (χ0) is 22.5. The Kier molecular flexibility index (Phi) is 5.52. The van der Waals surface area contributed by atoms with Crippen molar-refractivity contribution < 1.29 is 14.6 Å². The molecule has 0 aromatic heterocycles. The van der Waals surface area contributed by atoms with Crippen LogP contribution < -0.4 is 4.74 Å². The predicted octanol–water partition coefficient (Wildman–Crippen LogP) is 3.77. The number of nitrogens with zero attached hydrogens (tertiary/aromatic N) is 2. The number of ether oxygens (including phenoxy) is 1. The number of halogens is 1. The number of amides is 1. The first-order valence-corrected chi connectivity index (χ1v) is 11.6. The number of rotatable bonds is 5. The van der Waals surface area contributed by atoms with Crippen LogP contribution in [0.25, 0.3) is 5.57 Å². The normalized spacial score (nSPS) is 21.4. The summed E-state index contributed by atoms with van der Waals surface area (Å²) in [4.78, 5) is 16.7. The van der Waals surface area contributed by atoms with E-state index in [1.807, 2.05) is 36.1 Å². The summed E-state index contributed by atoms with van der Waals surface area (Å²) in [6.07, 6.45) is 1.34. The van der Waals surface area contributed by atoms with E-state index in [2.05, 4.69) is 23.1 Å². The van der Waals surface area contributed by atoms with Crippen LogP contribution in [0, 0.1) is 5.41 Å². The number of likely N-dealkylation sites (tertiary alicyclic amines) is 1. The maximum Gasteiger partial charge on any atom is 0.222 e. The Morgan fingerprint density at radius 2 is 2.03 bits per heavy atom. The average molecular weight is 453 g/mol. The van der Waals surface area contributed by atoms with E-state index in [0.717, 1.165) is 42.4 Å². The third-order valence-electron chi connectivity index (χ3n) is 7.25. The Hall–Kier alpha value is -2.34. The zero-order valence-electron chi connectivity index (χ0n) is 18.6. The van der Waals surface area contributed by atoms with E-state index in [9.17, 15) is 9.90 Å².